The van der Waals surface area contributed by atoms with Gasteiger partial charge in [0.1, 0.15) is 11.7 Å². The predicted octanol–water partition coefficient (Wildman–Crippen LogP) is 2.65. The minimum atomic E-state index is -1.13. The highest BCUT2D eigenvalue weighted by molar-refractivity contribution is 5.79. The summed E-state index contributed by atoms with van der Waals surface area (Å²) in [4.78, 5) is 21.0. The first-order valence-corrected chi connectivity index (χ1v) is 5.75. The van der Waals surface area contributed by atoms with E-state index in [9.17, 15) is 19.3 Å². The molecular formula is C12H15FN2O4. The largest absolute Gasteiger partial charge is 0.480 e. The van der Waals surface area contributed by atoms with E-state index in [0.717, 1.165) is 6.07 Å². The Morgan fingerprint density at radius 1 is 1.53 bits per heavy atom. The van der Waals surface area contributed by atoms with Crippen LogP contribution in [0, 0.1) is 21.8 Å². The Labute approximate surface area is 109 Å². The van der Waals surface area contributed by atoms with Crippen LogP contribution in [0.2, 0.25) is 0 Å². The van der Waals surface area contributed by atoms with E-state index in [-0.39, 0.29) is 18.0 Å². The smallest absolute Gasteiger partial charge is 0.327 e. The molecule has 0 bridgehead atoms. The predicted molar refractivity (Wildman–Crippen MR) is 67.6 cm³/mol. The molecule has 1 atom stereocenters. The minimum Gasteiger partial charge on any atom is -0.480 e. The molecular weight excluding hydrogens is 255 g/mol. The molecule has 6 nitrogen and oxygen atoms in total. The van der Waals surface area contributed by atoms with Gasteiger partial charge in [-0.25, -0.2) is 4.79 Å². The Bertz CT molecular complexity index is 491. The Morgan fingerprint density at radius 2 is 2.16 bits per heavy atom. The zero-order valence-corrected chi connectivity index (χ0v) is 10.6. The van der Waals surface area contributed by atoms with Gasteiger partial charge in [0.05, 0.1) is 4.92 Å². The summed E-state index contributed by atoms with van der Waals surface area (Å²) in [7, 11) is 0. The van der Waals surface area contributed by atoms with Crippen LogP contribution in [-0.4, -0.2) is 22.0 Å². The molecule has 1 aromatic rings. The third kappa shape index (κ3) is 3.90. The van der Waals surface area contributed by atoms with Crippen LogP contribution < -0.4 is 5.32 Å². The number of hydrogen-bond donors (Lipinski definition) is 2. The molecule has 0 radical (unpaired) electrons. The van der Waals surface area contributed by atoms with Gasteiger partial charge in [0.25, 0.3) is 0 Å². The molecule has 1 unspecified atom stereocenters. The van der Waals surface area contributed by atoms with Crippen molar-refractivity contribution in [2.75, 3.05) is 5.32 Å². The molecule has 0 spiro atoms. The lowest BCUT2D eigenvalue weighted by Gasteiger charge is -2.17. The number of carboxylic acid groups (broad SMARTS) is 1. The lowest BCUT2D eigenvalue weighted by Crippen LogP contribution is -2.31. The van der Waals surface area contributed by atoms with Gasteiger partial charge < -0.3 is 10.4 Å². The number of nitro benzene ring substituents is 1. The summed E-state index contributed by atoms with van der Waals surface area (Å²) >= 11 is 0. The van der Waals surface area contributed by atoms with Gasteiger partial charge in [-0.05, 0) is 24.5 Å². The molecule has 0 aliphatic heterocycles. The molecule has 0 saturated heterocycles. The zero-order valence-electron chi connectivity index (χ0n) is 10.6. The fourth-order valence-corrected chi connectivity index (χ4v) is 1.70. The van der Waals surface area contributed by atoms with E-state index in [1.165, 1.54) is 12.1 Å². The van der Waals surface area contributed by atoms with Gasteiger partial charge in [-0.1, -0.05) is 19.9 Å². The number of anilines is 1. The van der Waals surface area contributed by atoms with E-state index in [1.54, 1.807) is 0 Å². The van der Waals surface area contributed by atoms with E-state index < -0.39 is 28.4 Å². The number of carbonyl (C=O) groups is 1. The molecule has 0 aliphatic carbocycles. The maximum Gasteiger partial charge on any atom is 0.327 e. The van der Waals surface area contributed by atoms with Gasteiger partial charge >= 0.3 is 11.7 Å². The summed E-state index contributed by atoms with van der Waals surface area (Å²) in [5, 5.41) is 22.4. The second-order valence-electron chi connectivity index (χ2n) is 4.56. The SMILES string of the molecule is CC(C)CC(Nc1cccc(F)c1[N+](=O)[O-])C(=O)O. The average molecular weight is 270 g/mol. The maximum absolute atomic E-state index is 13.4. The quantitative estimate of drug-likeness (QED) is 0.612. The molecule has 0 heterocycles. The highest BCUT2D eigenvalue weighted by atomic mass is 19.1. The number of rotatable bonds is 6. The second-order valence-corrected chi connectivity index (χ2v) is 4.56. The zero-order chi connectivity index (χ0) is 14.6. The van der Waals surface area contributed by atoms with Gasteiger partial charge in [-0.2, -0.15) is 4.39 Å². The molecule has 0 amide bonds. The molecule has 1 aromatic carbocycles. The van der Waals surface area contributed by atoms with E-state index in [1.807, 2.05) is 13.8 Å². The van der Waals surface area contributed by atoms with Crippen LogP contribution in [0.4, 0.5) is 15.8 Å². The first-order valence-electron chi connectivity index (χ1n) is 5.75. The van der Waals surface area contributed by atoms with Crippen LogP contribution >= 0.6 is 0 Å². The van der Waals surface area contributed by atoms with Gasteiger partial charge in [-0.3, -0.25) is 10.1 Å². The topological polar surface area (TPSA) is 92.5 Å². The van der Waals surface area contributed by atoms with Gasteiger partial charge in [-0.15, -0.1) is 0 Å². The third-order valence-electron chi connectivity index (χ3n) is 2.50. The van der Waals surface area contributed by atoms with Crippen molar-refractivity contribution in [2.45, 2.75) is 26.3 Å². The van der Waals surface area contributed by atoms with Crippen molar-refractivity contribution in [1.82, 2.24) is 0 Å². The van der Waals surface area contributed by atoms with Crippen molar-refractivity contribution in [3.05, 3.63) is 34.1 Å². The summed E-state index contributed by atoms with van der Waals surface area (Å²) in [5.41, 5.74) is -0.865. The summed E-state index contributed by atoms with van der Waals surface area (Å²) in [6.45, 7) is 3.66. The number of nitro groups is 1. The highest BCUT2D eigenvalue weighted by Gasteiger charge is 2.25. The standard InChI is InChI=1S/C12H15FN2O4/c1-7(2)6-10(12(16)17)14-9-5-3-4-8(13)11(9)15(18)19/h3-5,7,10,14H,6H2,1-2H3,(H,16,17). The maximum atomic E-state index is 13.4. The summed E-state index contributed by atoms with van der Waals surface area (Å²) in [6, 6.07) is 2.54. The van der Waals surface area contributed by atoms with Gasteiger partial charge in [0, 0.05) is 0 Å². The molecule has 1 rings (SSSR count). The molecule has 0 saturated carbocycles. The third-order valence-corrected chi connectivity index (χ3v) is 2.50. The monoisotopic (exact) mass is 270 g/mol. The Kier molecular flexibility index (Phi) is 4.80. The Balaban J connectivity index is 3.06. The number of hydrogen-bond acceptors (Lipinski definition) is 4. The van der Waals surface area contributed by atoms with Gasteiger partial charge in [0.2, 0.25) is 5.82 Å². The first-order chi connectivity index (χ1) is 8.82. The van der Waals surface area contributed by atoms with Crippen molar-refractivity contribution in [3.63, 3.8) is 0 Å². The van der Waals surface area contributed by atoms with Crippen molar-refractivity contribution in [1.29, 1.82) is 0 Å². The lowest BCUT2D eigenvalue weighted by molar-refractivity contribution is -0.386. The highest BCUT2D eigenvalue weighted by Crippen LogP contribution is 2.28. The van der Waals surface area contributed by atoms with Crippen molar-refractivity contribution < 1.29 is 19.2 Å². The molecule has 0 aliphatic rings. The Morgan fingerprint density at radius 3 is 2.63 bits per heavy atom. The van der Waals surface area contributed by atoms with E-state index in [4.69, 9.17) is 5.11 Å². The summed E-state index contributed by atoms with van der Waals surface area (Å²) < 4.78 is 13.4. The van der Waals surface area contributed by atoms with Crippen LogP contribution in [0.5, 0.6) is 0 Å². The number of benzene rings is 1. The number of nitrogens with zero attached hydrogens (tertiary/aromatic N) is 1. The van der Waals surface area contributed by atoms with Crippen LogP contribution in [0.25, 0.3) is 0 Å². The molecule has 0 aromatic heterocycles. The first kappa shape index (κ1) is 14.9. The van der Waals surface area contributed by atoms with Crippen molar-refractivity contribution in [2.24, 2.45) is 5.92 Å². The fraction of sp³-hybridized carbons (Fsp3) is 0.417. The van der Waals surface area contributed by atoms with E-state index in [0.29, 0.717) is 0 Å². The minimum absolute atomic E-state index is 0.0845. The lowest BCUT2D eigenvalue weighted by atomic mass is 10.0. The normalized spacial score (nSPS) is 12.2. The van der Waals surface area contributed by atoms with Gasteiger partial charge in [0.15, 0.2) is 0 Å². The molecule has 104 valence electrons. The number of aliphatic carboxylic acids is 1. The second kappa shape index (κ2) is 6.12. The van der Waals surface area contributed by atoms with Crippen LogP contribution in [0.3, 0.4) is 0 Å². The number of halogens is 1. The van der Waals surface area contributed by atoms with Crippen molar-refractivity contribution in [3.8, 4) is 0 Å². The molecule has 19 heavy (non-hydrogen) atoms. The summed E-state index contributed by atoms with van der Waals surface area (Å²) in [6.07, 6.45) is 0.281. The molecule has 0 fully saturated rings. The average Bonchev–Trinajstić information content (AvgIpc) is 2.26. The van der Waals surface area contributed by atoms with Crippen LogP contribution in [-0.2, 0) is 4.79 Å². The molecule has 2 N–H and O–H groups in total. The molecule has 7 heteroatoms. The summed E-state index contributed by atoms with van der Waals surface area (Å²) in [5.74, 6) is -2.04. The van der Waals surface area contributed by atoms with Crippen LogP contribution in [0.15, 0.2) is 18.2 Å². The van der Waals surface area contributed by atoms with Crippen molar-refractivity contribution >= 4 is 17.3 Å². The fourth-order valence-electron chi connectivity index (χ4n) is 1.70. The number of carboxylic acids is 1. The van der Waals surface area contributed by atoms with Crippen LogP contribution in [0.1, 0.15) is 20.3 Å². The van der Waals surface area contributed by atoms with E-state index in [2.05, 4.69) is 5.32 Å². The Hall–Kier alpha value is -2.18. The number of para-hydroxylation sites is 1. The number of nitrogens with one attached hydrogen (secondary N) is 1. The van der Waals surface area contributed by atoms with E-state index >= 15 is 0 Å².